The molecule has 1 aromatic carbocycles. The van der Waals surface area contributed by atoms with E-state index < -0.39 is 11.5 Å². The molecular formula is C17H26N2O3. The molecule has 22 heavy (non-hydrogen) atoms. The van der Waals surface area contributed by atoms with Crippen LogP contribution in [0.25, 0.3) is 0 Å². The number of hydrogen-bond donors (Lipinski definition) is 3. The SMILES string of the molecule is CCC(O)CCNC(=O)c1cccc(NC(=O)C(C)(C)C)c1. The predicted octanol–water partition coefficient (Wildman–Crippen LogP) is 2.56. The molecule has 0 heterocycles. The molecule has 0 spiro atoms. The Hall–Kier alpha value is -1.88. The fourth-order valence-corrected chi connectivity index (χ4v) is 1.72. The summed E-state index contributed by atoms with van der Waals surface area (Å²) in [6.45, 7) is 7.81. The van der Waals surface area contributed by atoms with Crippen LogP contribution in [0.4, 0.5) is 5.69 Å². The van der Waals surface area contributed by atoms with Crippen LogP contribution in [0.3, 0.4) is 0 Å². The van der Waals surface area contributed by atoms with E-state index in [-0.39, 0.29) is 11.8 Å². The van der Waals surface area contributed by atoms with E-state index >= 15 is 0 Å². The third kappa shape index (κ3) is 5.85. The summed E-state index contributed by atoms with van der Waals surface area (Å²) in [5.74, 6) is -0.314. The molecule has 1 unspecified atom stereocenters. The first kappa shape index (κ1) is 18.2. The van der Waals surface area contributed by atoms with Crippen molar-refractivity contribution in [2.24, 2.45) is 5.41 Å². The fourth-order valence-electron chi connectivity index (χ4n) is 1.72. The van der Waals surface area contributed by atoms with Crippen molar-refractivity contribution in [3.8, 4) is 0 Å². The van der Waals surface area contributed by atoms with Crippen molar-refractivity contribution in [3.63, 3.8) is 0 Å². The average Bonchev–Trinajstić information content (AvgIpc) is 2.46. The summed E-state index contributed by atoms with van der Waals surface area (Å²) in [6, 6.07) is 6.82. The van der Waals surface area contributed by atoms with Crippen LogP contribution in [0.5, 0.6) is 0 Å². The molecule has 0 aliphatic heterocycles. The lowest BCUT2D eigenvalue weighted by atomic mass is 9.95. The summed E-state index contributed by atoms with van der Waals surface area (Å²) in [5, 5.41) is 15.0. The van der Waals surface area contributed by atoms with Gasteiger partial charge in [0.05, 0.1) is 6.10 Å². The van der Waals surface area contributed by atoms with Gasteiger partial charge in [-0.2, -0.15) is 0 Å². The molecule has 1 aromatic rings. The van der Waals surface area contributed by atoms with Crippen LogP contribution in [0.2, 0.25) is 0 Å². The molecule has 1 rings (SSSR count). The van der Waals surface area contributed by atoms with E-state index in [9.17, 15) is 14.7 Å². The number of aliphatic hydroxyl groups is 1. The summed E-state index contributed by atoms with van der Waals surface area (Å²) >= 11 is 0. The first-order chi connectivity index (χ1) is 10.2. The molecule has 5 nitrogen and oxygen atoms in total. The minimum absolute atomic E-state index is 0.101. The van der Waals surface area contributed by atoms with Crippen molar-refractivity contribution in [2.45, 2.75) is 46.6 Å². The summed E-state index contributed by atoms with van der Waals surface area (Å²) in [7, 11) is 0. The van der Waals surface area contributed by atoms with Gasteiger partial charge in [0.25, 0.3) is 5.91 Å². The molecule has 122 valence electrons. The number of anilines is 1. The number of nitrogens with one attached hydrogen (secondary N) is 2. The largest absolute Gasteiger partial charge is 0.393 e. The third-order valence-electron chi connectivity index (χ3n) is 3.30. The highest BCUT2D eigenvalue weighted by Crippen LogP contribution is 2.18. The molecule has 0 aliphatic carbocycles. The van der Waals surface area contributed by atoms with Gasteiger partial charge in [-0.15, -0.1) is 0 Å². The van der Waals surface area contributed by atoms with Crippen LogP contribution in [0.1, 0.15) is 50.9 Å². The van der Waals surface area contributed by atoms with Crippen LogP contribution >= 0.6 is 0 Å². The maximum atomic E-state index is 12.0. The molecular weight excluding hydrogens is 280 g/mol. The number of rotatable bonds is 6. The summed E-state index contributed by atoms with van der Waals surface area (Å²) in [4.78, 5) is 24.0. The van der Waals surface area contributed by atoms with Crippen LogP contribution in [0.15, 0.2) is 24.3 Å². The van der Waals surface area contributed by atoms with Crippen molar-refractivity contribution in [2.75, 3.05) is 11.9 Å². The topological polar surface area (TPSA) is 78.4 Å². The molecule has 0 bridgehead atoms. The number of aliphatic hydroxyl groups excluding tert-OH is 1. The van der Waals surface area contributed by atoms with Gasteiger partial charge in [0.1, 0.15) is 0 Å². The highest BCUT2D eigenvalue weighted by Gasteiger charge is 2.21. The monoisotopic (exact) mass is 306 g/mol. The highest BCUT2D eigenvalue weighted by molar-refractivity contribution is 5.98. The summed E-state index contributed by atoms with van der Waals surface area (Å²) < 4.78 is 0. The van der Waals surface area contributed by atoms with E-state index in [2.05, 4.69) is 10.6 Å². The zero-order chi connectivity index (χ0) is 16.8. The second-order valence-corrected chi connectivity index (χ2v) is 6.39. The van der Waals surface area contributed by atoms with Gasteiger partial charge in [0.2, 0.25) is 5.91 Å². The Morgan fingerprint density at radius 2 is 1.95 bits per heavy atom. The first-order valence-electron chi connectivity index (χ1n) is 7.61. The fraction of sp³-hybridized carbons (Fsp3) is 0.529. The van der Waals surface area contributed by atoms with Crippen LogP contribution in [-0.2, 0) is 4.79 Å². The molecule has 2 amide bonds. The molecule has 0 aromatic heterocycles. The normalized spacial score (nSPS) is 12.6. The number of carbonyl (C=O) groups excluding carboxylic acids is 2. The molecule has 0 aliphatic rings. The molecule has 0 saturated carbocycles. The van der Waals surface area contributed by atoms with Gasteiger partial charge in [0, 0.05) is 23.2 Å². The standard InChI is InChI=1S/C17H26N2O3/c1-5-14(20)9-10-18-15(21)12-7-6-8-13(11-12)19-16(22)17(2,3)4/h6-8,11,14,20H,5,9-10H2,1-4H3,(H,18,21)(H,19,22). The number of benzene rings is 1. The van der Waals surface area contributed by atoms with Crippen molar-refractivity contribution in [1.29, 1.82) is 0 Å². The quantitative estimate of drug-likeness (QED) is 0.756. The van der Waals surface area contributed by atoms with E-state index in [0.29, 0.717) is 30.6 Å². The first-order valence-corrected chi connectivity index (χ1v) is 7.61. The van der Waals surface area contributed by atoms with E-state index in [1.165, 1.54) is 0 Å². The molecule has 5 heteroatoms. The molecule has 0 saturated heterocycles. The summed E-state index contributed by atoms with van der Waals surface area (Å²) in [6.07, 6.45) is 0.810. The predicted molar refractivity (Wildman–Crippen MR) is 87.8 cm³/mol. The lowest BCUT2D eigenvalue weighted by Gasteiger charge is -2.18. The Morgan fingerprint density at radius 1 is 1.27 bits per heavy atom. The van der Waals surface area contributed by atoms with Crippen molar-refractivity contribution < 1.29 is 14.7 Å². The minimum atomic E-state index is -0.492. The lowest BCUT2D eigenvalue weighted by Crippen LogP contribution is -2.28. The number of amides is 2. The Labute approximate surface area is 132 Å². The van der Waals surface area contributed by atoms with Gasteiger partial charge in [-0.3, -0.25) is 9.59 Å². The number of hydrogen-bond acceptors (Lipinski definition) is 3. The molecule has 3 N–H and O–H groups in total. The van der Waals surface area contributed by atoms with Gasteiger partial charge >= 0.3 is 0 Å². The van der Waals surface area contributed by atoms with Crippen LogP contribution in [0, 0.1) is 5.41 Å². The number of carbonyl (C=O) groups is 2. The maximum Gasteiger partial charge on any atom is 0.251 e. The van der Waals surface area contributed by atoms with E-state index in [1.807, 2.05) is 27.7 Å². The van der Waals surface area contributed by atoms with Gasteiger partial charge in [-0.25, -0.2) is 0 Å². The van der Waals surface area contributed by atoms with E-state index in [0.717, 1.165) is 0 Å². The van der Waals surface area contributed by atoms with Gasteiger partial charge in [-0.1, -0.05) is 33.8 Å². The molecule has 0 fully saturated rings. The summed E-state index contributed by atoms with van der Waals surface area (Å²) in [5.41, 5.74) is 0.591. The van der Waals surface area contributed by atoms with Crippen molar-refractivity contribution >= 4 is 17.5 Å². The highest BCUT2D eigenvalue weighted by atomic mass is 16.3. The zero-order valence-electron chi connectivity index (χ0n) is 13.8. The lowest BCUT2D eigenvalue weighted by molar-refractivity contribution is -0.123. The van der Waals surface area contributed by atoms with E-state index in [1.54, 1.807) is 24.3 Å². The Kier molecular flexibility index (Phi) is 6.56. The maximum absolute atomic E-state index is 12.0. The Morgan fingerprint density at radius 3 is 2.55 bits per heavy atom. The van der Waals surface area contributed by atoms with Gasteiger partial charge in [-0.05, 0) is 31.0 Å². The molecule has 0 radical (unpaired) electrons. The van der Waals surface area contributed by atoms with Gasteiger partial charge in [0.15, 0.2) is 0 Å². The minimum Gasteiger partial charge on any atom is -0.393 e. The zero-order valence-corrected chi connectivity index (χ0v) is 13.8. The van der Waals surface area contributed by atoms with Gasteiger partial charge < -0.3 is 15.7 Å². The van der Waals surface area contributed by atoms with Crippen molar-refractivity contribution in [1.82, 2.24) is 5.32 Å². The van der Waals surface area contributed by atoms with Crippen LogP contribution < -0.4 is 10.6 Å². The second-order valence-electron chi connectivity index (χ2n) is 6.39. The third-order valence-corrected chi connectivity index (χ3v) is 3.30. The average molecular weight is 306 g/mol. The molecule has 1 atom stereocenters. The van der Waals surface area contributed by atoms with E-state index in [4.69, 9.17) is 0 Å². The Balaban J connectivity index is 2.63. The van der Waals surface area contributed by atoms with Crippen molar-refractivity contribution in [3.05, 3.63) is 29.8 Å². The second kappa shape index (κ2) is 7.94. The smallest absolute Gasteiger partial charge is 0.251 e. The van der Waals surface area contributed by atoms with Crippen LogP contribution in [-0.4, -0.2) is 29.6 Å². The Bertz CT molecular complexity index is 521.